The van der Waals surface area contributed by atoms with E-state index in [0.29, 0.717) is 29.7 Å². The predicted octanol–water partition coefficient (Wildman–Crippen LogP) is 3.34. The fraction of sp³-hybridized carbons (Fsp3) is 0.368. The average molecular weight is 370 g/mol. The van der Waals surface area contributed by atoms with Gasteiger partial charge in [-0.25, -0.2) is 9.97 Å². The Labute approximate surface area is 156 Å². The zero-order valence-electron chi connectivity index (χ0n) is 14.8. The highest BCUT2D eigenvalue weighted by atomic mass is 35.5. The van der Waals surface area contributed by atoms with E-state index < -0.39 is 0 Å². The van der Waals surface area contributed by atoms with Crippen molar-refractivity contribution in [2.24, 2.45) is 7.05 Å². The van der Waals surface area contributed by atoms with Crippen LogP contribution >= 0.6 is 11.6 Å². The minimum absolute atomic E-state index is 0.00919. The molecule has 1 fully saturated rings. The lowest BCUT2D eigenvalue weighted by Crippen LogP contribution is -2.38. The minimum Gasteiger partial charge on any atom is -0.337 e. The highest BCUT2D eigenvalue weighted by Crippen LogP contribution is 2.28. The second-order valence-electron chi connectivity index (χ2n) is 6.80. The molecule has 7 heteroatoms. The zero-order valence-corrected chi connectivity index (χ0v) is 15.6. The van der Waals surface area contributed by atoms with Crippen LogP contribution in [0.3, 0.4) is 0 Å². The first kappa shape index (κ1) is 17.0. The molecule has 1 aliphatic rings. The fourth-order valence-corrected chi connectivity index (χ4v) is 3.60. The summed E-state index contributed by atoms with van der Waals surface area (Å²) in [5, 5.41) is 5.86. The second-order valence-corrected chi connectivity index (χ2v) is 7.23. The number of hydrogen-bond acceptors (Lipinski definition) is 4. The van der Waals surface area contributed by atoms with Crippen molar-refractivity contribution in [1.29, 1.82) is 0 Å². The van der Waals surface area contributed by atoms with E-state index in [1.165, 1.54) is 0 Å². The average Bonchev–Trinajstić information content (AvgIpc) is 2.99. The lowest BCUT2D eigenvalue weighted by Gasteiger charge is -2.31. The molecule has 3 aromatic heterocycles. The zero-order chi connectivity index (χ0) is 18.3. The number of carbonyl (C=O) groups excluding carboxylic acids is 1. The van der Waals surface area contributed by atoms with Gasteiger partial charge in [-0.2, -0.15) is 5.10 Å². The molecule has 0 unspecified atom stereocenters. The van der Waals surface area contributed by atoms with Gasteiger partial charge in [0.2, 0.25) is 0 Å². The van der Waals surface area contributed by atoms with Crippen LogP contribution in [0, 0.1) is 6.92 Å². The molecule has 0 spiro atoms. The van der Waals surface area contributed by atoms with E-state index >= 15 is 0 Å². The molecule has 0 aliphatic carbocycles. The quantitative estimate of drug-likeness (QED) is 0.695. The highest BCUT2D eigenvalue weighted by molar-refractivity contribution is 6.31. The molecule has 6 nitrogen and oxygen atoms in total. The number of rotatable bonds is 2. The Morgan fingerprint density at radius 3 is 2.69 bits per heavy atom. The highest BCUT2D eigenvalue weighted by Gasteiger charge is 2.26. The van der Waals surface area contributed by atoms with Gasteiger partial charge in [-0.3, -0.25) is 9.48 Å². The molecule has 0 saturated carbocycles. The van der Waals surface area contributed by atoms with Crippen LogP contribution in [0.2, 0.25) is 5.02 Å². The first-order valence-electron chi connectivity index (χ1n) is 8.73. The first-order valence-corrected chi connectivity index (χ1v) is 9.11. The molecule has 4 heterocycles. The molecule has 0 radical (unpaired) electrons. The van der Waals surface area contributed by atoms with Crippen LogP contribution < -0.4 is 0 Å². The SMILES string of the molecule is Cc1cc(C(=O)N2CCC(c3ccc4cc(Cl)cnc4n3)CC2)nn1C. The van der Waals surface area contributed by atoms with Gasteiger partial charge < -0.3 is 4.90 Å². The van der Waals surface area contributed by atoms with Gasteiger partial charge in [-0.05, 0) is 44.0 Å². The Morgan fingerprint density at radius 1 is 1.23 bits per heavy atom. The van der Waals surface area contributed by atoms with Crippen LogP contribution in [0.4, 0.5) is 0 Å². The van der Waals surface area contributed by atoms with Crippen molar-refractivity contribution in [1.82, 2.24) is 24.6 Å². The van der Waals surface area contributed by atoms with Crippen molar-refractivity contribution in [3.05, 3.63) is 52.6 Å². The van der Waals surface area contributed by atoms with Crippen LogP contribution in [0.25, 0.3) is 11.0 Å². The molecular weight excluding hydrogens is 350 g/mol. The number of nitrogens with zero attached hydrogens (tertiary/aromatic N) is 5. The Bertz CT molecular complexity index is 956. The molecule has 4 rings (SSSR count). The van der Waals surface area contributed by atoms with Gasteiger partial charge in [0.15, 0.2) is 11.3 Å². The van der Waals surface area contributed by atoms with Gasteiger partial charge in [-0.15, -0.1) is 0 Å². The summed E-state index contributed by atoms with van der Waals surface area (Å²) in [5.41, 5.74) is 3.26. The van der Waals surface area contributed by atoms with E-state index in [2.05, 4.69) is 10.1 Å². The first-order chi connectivity index (χ1) is 12.5. The van der Waals surface area contributed by atoms with Gasteiger partial charge in [-0.1, -0.05) is 11.6 Å². The predicted molar refractivity (Wildman–Crippen MR) is 100 cm³/mol. The van der Waals surface area contributed by atoms with Crippen molar-refractivity contribution in [2.75, 3.05) is 13.1 Å². The fourth-order valence-electron chi connectivity index (χ4n) is 3.43. The smallest absolute Gasteiger partial charge is 0.274 e. The number of carbonyl (C=O) groups is 1. The third-order valence-corrected chi connectivity index (χ3v) is 5.27. The lowest BCUT2D eigenvalue weighted by molar-refractivity contribution is 0.0705. The number of fused-ring (bicyclic) bond motifs is 1. The Hall–Kier alpha value is -2.47. The molecule has 0 aromatic carbocycles. The van der Waals surface area contributed by atoms with E-state index in [4.69, 9.17) is 16.6 Å². The van der Waals surface area contributed by atoms with Gasteiger partial charge in [0.25, 0.3) is 5.91 Å². The molecule has 26 heavy (non-hydrogen) atoms. The van der Waals surface area contributed by atoms with Crippen molar-refractivity contribution < 1.29 is 4.79 Å². The second kappa shape index (κ2) is 6.68. The number of aryl methyl sites for hydroxylation is 2. The summed E-state index contributed by atoms with van der Waals surface area (Å²) in [6, 6.07) is 7.78. The molecule has 1 amide bonds. The van der Waals surface area contributed by atoms with E-state index in [1.807, 2.05) is 43.1 Å². The third-order valence-electron chi connectivity index (χ3n) is 5.06. The van der Waals surface area contributed by atoms with Crippen LogP contribution in [-0.4, -0.2) is 43.6 Å². The summed E-state index contributed by atoms with van der Waals surface area (Å²) in [4.78, 5) is 23.5. The molecule has 0 atom stereocenters. The maximum atomic E-state index is 12.6. The lowest BCUT2D eigenvalue weighted by atomic mass is 9.92. The van der Waals surface area contributed by atoms with Crippen molar-refractivity contribution >= 4 is 28.5 Å². The van der Waals surface area contributed by atoms with Crippen LogP contribution in [0.15, 0.2) is 30.5 Å². The van der Waals surface area contributed by atoms with Crippen molar-refractivity contribution in [3.63, 3.8) is 0 Å². The normalized spacial score (nSPS) is 15.6. The number of hydrogen-bond donors (Lipinski definition) is 0. The van der Waals surface area contributed by atoms with Crippen LogP contribution in [-0.2, 0) is 7.05 Å². The minimum atomic E-state index is 0.00919. The number of pyridine rings is 2. The van der Waals surface area contributed by atoms with E-state index in [-0.39, 0.29) is 5.91 Å². The molecule has 134 valence electrons. The van der Waals surface area contributed by atoms with E-state index in [9.17, 15) is 4.79 Å². The molecular formula is C19H20ClN5O. The summed E-state index contributed by atoms with van der Waals surface area (Å²) in [6.07, 6.45) is 3.41. The van der Waals surface area contributed by atoms with Crippen molar-refractivity contribution in [3.8, 4) is 0 Å². The van der Waals surface area contributed by atoms with Gasteiger partial charge >= 0.3 is 0 Å². The molecule has 0 bridgehead atoms. The third kappa shape index (κ3) is 3.17. The standard InChI is InChI=1S/C19H20ClN5O/c1-12-9-17(23-24(12)2)19(26)25-7-5-13(6-8-25)16-4-3-14-10-15(20)11-21-18(14)22-16/h3-4,9-11,13H,5-8H2,1-2H3. The van der Waals surface area contributed by atoms with Gasteiger partial charge in [0.05, 0.1) is 5.02 Å². The summed E-state index contributed by atoms with van der Waals surface area (Å²) in [7, 11) is 1.85. The molecule has 0 N–H and O–H groups in total. The van der Waals surface area contributed by atoms with Crippen LogP contribution in [0.1, 0.15) is 40.6 Å². The molecule has 1 aliphatic heterocycles. The topological polar surface area (TPSA) is 63.9 Å². The Kier molecular flexibility index (Phi) is 4.36. The summed E-state index contributed by atoms with van der Waals surface area (Å²) in [6.45, 7) is 3.38. The van der Waals surface area contributed by atoms with Gasteiger partial charge in [0, 0.05) is 49.0 Å². The van der Waals surface area contributed by atoms with Gasteiger partial charge in [0.1, 0.15) is 0 Å². The monoisotopic (exact) mass is 369 g/mol. The molecule has 3 aromatic rings. The number of amides is 1. The summed E-state index contributed by atoms with van der Waals surface area (Å²) < 4.78 is 1.73. The maximum absolute atomic E-state index is 12.6. The largest absolute Gasteiger partial charge is 0.337 e. The van der Waals surface area contributed by atoms with E-state index in [0.717, 1.165) is 35.3 Å². The summed E-state index contributed by atoms with van der Waals surface area (Å²) >= 11 is 5.98. The summed E-state index contributed by atoms with van der Waals surface area (Å²) in [5.74, 6) is 0.348. The number of halogens is 1. The Morgan fingerprint density at radius 2 is 2.00 bits per heavy atom. The van der Waals surface area contributed by atoms with Crippen molar-refractivity contribution in [2.45, 2.75) is 25.7 Å². The number of likely N-dealkylation sites (tertiary alicyclic amines) is 1. The van der Waals surface area contributed by atoms with Crippen LogP contribution in [0.5, 0.6) is 0 Å². The maximum Gasteiger partial charge on any atom is 0.274 e. The Balaban J connectivity index is 1.46. The number of aromatic nitrogens is 4. The van der Waals surface area contributed by atoms with E-state index in [1.54, 1.807) is 10.9 Å². The molecule has 1 saturated heterocycles. The number of piperidine rings is 1.